The second-order valence-corrected chi connectivity index (χ2v) is 6.30. The molecule has 0 aliphatic carbocycles. The van der Waals surface area contributed by atoms with Gasteiger partial charge in [0.05, 0.1) is 6.42 Å². The normalized spacial score (nSPS) is 9.71. The van der Waals surface area contributed by atoms with E-state index in [9.17, 15) is 14.7 Å². The Morgan fingerprint density at radius 2 is 1.11 bits per heavy atom. The van der Waals surface area contributed by atoms with Crippen LogP contribution >= 0.6 is 0 Å². The first kappa shape index (κ1) is 28.3. The van der Waals surface area contributed by atoms with E-state index in [0.29, 0.717) is 12.8 Å². The van der Waals surface area contributed by atoms with Gasteiger partial charge in [0.1, 0.15) is 0 Å². The molecule has 0 heterocycles. The molecule has 0 aromatic heterocycles. The summed E-state index contributed by atoms with van der Waals surface area (Å²) in [5.41, 5.74) is 19.8. The first-order chi connectivity index (χ1) is 13.2. The van der Waals surface area contributed by atoms with Gasteiger partial charge in [-0.1, -0.05) is 27.7 Å². The third-order valence-corrected chi connectivity index (χ3v) is 4.31. The number of carbonyl (C=O) groups is 2. The van der Waals surface area contributed by atoms with Crippen LogP contribution in [0.4, 0.5) is 0 Å². The lowest BCUT2D eigenvalue weighted by Gasteiger charge is -2.25. The molecule has 2 amide bonds. The van der Waals surface area contributed by atoms with Gasteiger partial charge in [-0.3, -0.25) is 20.9 Å². The van der Waals surface area contributed by atoms with Crippen molar-refractivity contribution in [3.05, 3.63) is 33.4 Å². The topological polar surface area (TPSA) is 144 Å². The molecule has 0 saturated carbocycles. The van der Waals surface area contributed by atoms with Crippen molar-refractivity contribution in [2.75, 3.05) is 13.7 Å². The van der Waals surface area contributed by atoms with Gasteiger partial charge in [-0.15, -0.1) is 0 Å². The fraction of sp³-hybridized carbons (Fsp3) is 0.619. The Morgan fingerprint density at radius 1 is 0.821 bits per heavy atom. The Morgan fingerprint density at radius 3 is 1.39 bits per heavy atom. The molecule has 0 bridgehead atoms. The molecule has 8 N–H and O–H groups in total. The predicted molar refractivity (Wildman–Crippen MR) is 116 cm³/mol. The van der Waals surface area contributed by atoms with Crippen LogP contribution in [0.3, 0.4) is 0 Å². The lowest BCUT2D eigenvalue weighted by molar-refractivity contribution is -0.117. The molecular weight excluding hydrogens is 356 g/mol. The summed E-state index contributed by atoms with van der Waals surface area (Å²) >= 11 is 0. The van der Waals surface area contributed by atoms with E-state index in [-0.39, 0.29) is 18.4 Å². The second-order valence-electron chi connectivity index (χ2n) is 6.30. The van der Waals surface area contributed by atoms with Gasteiger partial charge in [0.25, 0.3) is 0 Å². The molecule has 7 nitrogen and oxygen atoms in total. The fourth-order valence-corrected chi connectivity index (χ4v) is 3.60. The number of nitrogens with one attached hydrogen (secondary N) is 1. The molecule has 162 valence electrons. The summed E-state index contributed by atoms with van der Waals surface area (Å²) in [7, 11) is 1.65. The van der Waals surface area contributed by atoms with E-state index >= 15 is 0 Å². The fourth-order valence-electron chi connectivity index (χ4n) is 3.60. The molecule has 0 aliphatic heterocycles. The highest BCUT2D eigenvalue weighted by Crippen LogP contribution is 2.31. The van der Waals surface area contributed by atoms with Crippen molar-refractivity contribution in [2.24, 2.45) is 17.3 Å². The van der Waals surface area contributed by atoms with Crippen molar-refractivity contribution >= 4 is 11.8 Å². The minimum atomic E-state index is -0.333. The van der Waals surface area contributed by atoms with Crippen molar-refractivity contribution in [1.82, 2.24) is 5.43 Å². The summed E-state index contributed by atoms with van der Waals surface area (Å²) in [6, 6.07) is 0. The minimum Gasteiger partial charge on any atom is -0.396 e. The van der Waals surface area contributed by atoms with Crippen LogP contribution in [0, 0.1) is 0 Å². The van der Waals surface area contributed by atoms with E-state index in [1.807, 2.05) is 0 Å². The molecule has 28 heavy (non-hydrogen) atoms. The zero-order valence-corrected chi connectivity index (χ0v) is 18.4. The monoisotopic (exact) mass is 396 g/mol. The average molecular weight is 397 g/mol. The number of aliphatic hydroxyl groups is 1. The number of rotatable bonds is 8. The molecule has 1 aromatic rings. The SMILES string of the molecule is CC(N)=O.CCc1c(CC)c(CCO)c(CC)c(CC(N)=O)c1CC.CNN. The van der Waals surface area contributed by atoms with Gasteiger partial charge in [0.2, 0.25) is 11.8 Å². The highest BCUT2D eigenvalue weighted by Gasteiger charge is 2.20. The highest BCUT2D eigenvalue weighted by atomic mass is 16.3. The van der Waals surface area contributed by atoms with E-state index in [1.54, 1.807) is 7.05 Å². The van der Waals surface area contributed by atoms with Crippen LogP contribution in [0.15, 0.2) is 0 Å². The Labute approximate surface area is 170 Å². The van der Waals surface area contributed by atoms with Crippen LogP contribution in [-0.2, 0) is 48.1 Å². The van der Waals surface area contributed by atoms with Gasteiger partial charge < -0.3 is 16.6 Å². The van der Waals surface area contributed by atoms with Crippen LogP contribution in [0.5, 0.6) is 0 Å². The predicted octanol–water partition coefficient (Wildman–Crippen LogP) is 1.07. The molecular formula is C21H40N4O3. The van der Waals surface area contributed by atoms with Crippen molar-refractivity contribution in [1.29, 1.82) is 0 Å². The molecule has 1 aromatic carbocycles. The number of hydrogen-bond acceptors (Lipinski definition) is 5. The van der Waals surface area contributed by atoms with Gasteiger partial charge in [-0.25, -0.2) is 0 Å². The molecule has 0 spiro atoms. The largest absolute Gasteiger partial charge is 0.396 e. The third-order valence-electron chi connectivity index (χ3n) is 4.31. The zero-order chi connectivity index (χ0) is 22.3. The molecule has 0 radical (unpaired) electrons. The Kier molecular flexibility index (Phi) is 16.2. The summed E-state index contributed by atoms with van der Waals surface area (Å²) in [5, 5.41) is 9.43. The Balaban J connectivity index is 0. The average Bonchev–Trinajstić information content (AvgIpc) is 2.61. The van der Waals surface area contributed by atoms with Crippen molar-refractivity contribution in [3.8, 4) is 0 Å². The second kappa shape index (κ2) is 16.0. The quantitative estimate of drug-likeness (QED) is 0.330. The zero-order valence-electron chi connectivity index (χ0n) is 18.4. The molecule has 0 aliphatic rings. The molecule has 0 fully saturated rings. The van der Waals surface area contributed by atoms with Crippen molar-refractivity contribution in [2.45, 2.75) is 73.1 Å². The number of benzene rings is 1. The standard InChI is InChI=1S/C18H29NO2.C2H5NO.CH6N2/c1-5-12-13(6-2)16(9-10-20)15(8-4)17(11-18(19)21)14(12)7-3;1-2(3)4;1-3-2/h20H,5-11H2,1-4H3,(H2,19,21);1H3,(H2,3,4);3H,2H2,1H3. The summed E-state index contributed by atoms with van der Waals surface area (Å²) < 4.78 is 0. The number of hydrogen-bond donors (Lipinski definition) is 5. The Hall–Kier alpha value is -1.96. The van der Waals surface area contributed by atoms with E-state index in [4.69, 9.17) is 5.73 Å². The van der Waals surface area contributed by atoms with Gasteiger partial charge in [0, 0.05) is 13.5 Å². The lowest BCUT2D eigenvalue weighted by Crippen LogP contribution is -2.20. The van der Waals surface area contributed by atoms with Gasteiger partial charge >= 0.3 is 0 Å². The van der Waals surface area contributed by atoms with Crippen LogP contribution in [0.2, 0.25) is 0 Å². The highest BCUT2D eigenvalue weighted by molar-refractivity contribution is 5.78. The summed E-state index contributed by atoms with van der Waals surface area (Å²) in [6.45, 7) is 10.0. The first-order valence-corrected chi connectivity index (χ1v) is 9.89. The number of nitrogens with two attached hydrogens (primary N) is 3. The number of primary amides is 2. The number of aliphatic hydroxyl groups excluding tert-OH is 1. The van der Waals surface area contributed by atoms with E-state index in [2.05, 4.69) is 44.7 Å². The number of hydrazine groups is 1. The lowest BCUT2D eigenvalue weighted by atomic mass is 9.80. The van der Waals surface area contributed by atoms with Crippen LogP contribution in [0.25, 0.3) is 0 Å². The van der Waals surface area contributed by atoms with Gasteiger partial charge in [-0.2, -0.15) is 0 Å². The van der Waals surface area contributed by atoms with Gasteiger partial charge in [-0.05, 0) is 72.5 Å². The van der Waals surface area contributed by atoms with E-state index in [1.165, 1.54) is 34.7 Å². The van der Waals surface area contributed by atoms with Crippen LogP contribution < -0.4 is 22.7 Å². The molecule has 0 unspecified atom stereocenters. The third kappa shape index (κ3) is 9.30. The Bertz CT molecular complexity index is 612. The smallest absolute Gasteiger partial charge is 0.221 e. The molecule has 7 heteroatoms. The van der Waals surface area contributed by atoms with Crippen molar-refractivity contribution in [3.63, 3.8) is 0 Å². The van der Waals surface area contributed by atoms with Gasteiger partial charge in [0.15, 0.2) is 0 Å². The molecule has 0 saturated heterocycles. The van der Waals surface area contributed by atoms with E-state index in [0.717, 1.165) is 31.2 Å². The van der Waals surface area contributed by atoms with Crippen molar-refractivity contribution < 1.29 is 14.7 Å². The van der Waals surface area contributed by atoms with Crippen LogP contribution in [0.1, 0.15) is 68.0 Å². The maximum absolute atomic E-state index is 11.5. The first-order valence-electron chi connectivity index (χ1n) is 9.89. The maximum Gasteiger partial charge on any atom is 0.221 e. The minimum absolute atomic E-state index is 0.143. The van der Waals surface area contributed by atoms with E-state index < -0.39 is 0 Å². The summed E-state index contributed by atoms with van der Waals surface area (Å²) in [5.74, 6) is 3.99. The maximum atomic E-state index is 11.5. The molecule has 0 atom stereocenters. The summed E-state index contributed by atoms with van der Waals surface area (Å²) in [4.78, 5) is 20.7. The number of amides is 2. The summed E-state index contributed by atoms with van der Waals surface area (Å²) in [6.07, 6.45) is 4.69. The number of carbonyl (C=O) groups excluding carboxylic acids is 2. The van der Waals surface area contributed by atoms with Crippen LogP contribution in [-0.4, -0.2) is 30.6 Å². The molecule has 1 rings (SSSR count).